The van der Waals surface area contributed by atoms with Crippen molar-refractivity contribution < 1.29 is 0 Å². The first kappa shape index (κ1) is 12.4. The Kier molecular flexibility index (Phi) is 10.8. The molecule has 0 saturated carbocycles. The molecule has 0 fully saturated rings. The summed E-state index contributed by atoms with van der Waals surface area (Å²) >= 11 is 5.48. The maximum Gasteiger partial charge on any atom is 0.0409 e. The minimum absolute atomic E-state index is 0.714. The second-order valence-electron chi connectivity index (χ2n) is 1.79. The van der Waals surface area contributed by atoms with E-state index in [0.29, 0.717) is 5.03 Å². The van der Waals surface area contributed by atoms with Crippen LogP contribution in [0, 0.1) is 0 Å². The molecule has 0 saturated heterocycles. The first-order valence-corrected chi connectivity index (χ1v) is 3.84. The van der Waals surface area contributed by atoms with Crippen LogP contribution in [0.5, 0.6) is 0 Å². The van der Waals surface area contributed by atoms with Crippen LogP contribution in [0.25, 0.3) is 0 Å². The largest absolute Gasteiger partial charge is 0.265 e. The van der Waals surface area contributed by atoms with E-state index in [1.807, 2.05) is 27.7 Å². The molecule has 0 spiro atoms. The molecular formula is C8H16ClN. The third-order valence-corrected chi connectivity index (χ3v) is 0.598. The van der Waals surface area contributed by atoms with E-state index in [0.717, 1.165) is 5.71 Å². The zero-order valence-corrected chi connectivity index (χ0v) is 8.16. The van der Waals surface area contributed by atoms with Gasteiger partial charge in [0.2, 0.25) is 0 Å². The van der Waals surface area contributed by atoms with Gasteiger partial charge in [0.05, 0.1) is 0 Å². The summed E-state index contributed by atoms with van der Waals surface area (Å²) in [5, 5.41) is 0.714. The number of hydrogen-bond acceptors (Lipinski definition) is 1. The van der Waals surface area contributed by atoms with Gasteiger partial charge >= 0.3 is 0 Å². The molecular weight excluding hydrogens is 146 g/mol. The van der Waals surface area contributed by atoms with E-state index >= 15 is 0 Å². The summed E-state index contributed by atoms with van der Waals surface area (Å²) in [5.41, 5.74) is 1.02. The highest BCUT2D eigenvalue weighted by Gasteiger charge is 1.74. The van der Waals surface area contributed by atoms with Crippen molar-refractivity contribution in [1.29, 1.82) is 0 Å². The average Bonchev–Trinajstić information content (AvgIpc) is 1.89. The topological polar surface area (TPSA) is 12.4 Å². The number of halogens is 1. The zero-order valence-electron chi connectivity index (χ0n) is 7.40. The standard InChI is InChI=1S/C6H10ClN.C2H6/c1-5(2)8-4-6(3)7;1-2/h4H,1-3H3;1-2H3/b6-4+;. The van der Waals surface area contributed by atoms with Gasteiger partial charge < -0.3 is 0 Å². The predicted molar refractivity (Wildman–Crippen MR) is 49.7 cm³/mol. The summed E-state index contributed by atoms with van der Waals surface area (Å²) in [6.07, 6.45) is 1.64. The molecule has 60 valence electrons. The average molecular weight is 162 g/mol. The lowest BCUT2D eigenvalue weighted by Crippen LogP contribution is -1.75. The van der Waals surface area contributed by atoms with Crippen LogP contribution in [0.3, 0.4) is 0 Å². The predicted octanol–water partition coefficient (Wildman–Crippen LogP) is 3.59. The molecule has 0 aromatic heterocycles. The highest BCUT2D eigenvalue weighted by atomic mass is 35.5. The maximum atomic E-state index is 5.48. The molecule has 2 heteroatoms. The van der Waals surface area contributed by atoms with Crippen molar-refractivity contribution >= 4 is 17.3 Å². The van der Waals surface area contributed by atoms with Crippen LogP contribution in [0.2, 0.25) is 0 Å². The molecule has 0 aliphatic carbocycles. The van der Waals surface area contributed by atoms with Crippen LogP contribution in [-0.2, 0) is 0 Å². The molecule has 0 aromatic carbocycles. The van der Waals surface area contributed by atoms with Crippen molar-refractivity contribution in [2.45, 2.75) is 34.6 Å². The van der Waals surface area contributed by atoms with E-state index in [2.05, 4.69) is 4.99 Å². The third kappa shape index (κ3) is 15.6. The summed E-state index contributed by atoms with van der Waals surface area (Å²) in [5.74, 6) is 0. The van der Waals surface area contributed by atoms with Crippen molar-refractivity contribution in [3.05, 3.63) is 11.2 Å². The van der Waals surface area contributed by atoms with Crippen molar-refractivity contribution in [3.63, 3.8) is 0 Å². The van der Waals surface area contributed by atoms with Gasteiger partial charge in [-0.15, -0.1) is 0 Å². The van der Waals surface area contributed by atoms with Gasteiger partial charge in [-0.25, -0.2) is 0 Å². The van der Waals surface area contributed by atoms with E-state index in [9.17, 15) is 0 Å². The van der Waals surface area contributed by atoms with Crippen molar-refractivity contribution in [2.75, 3.05) is 0 Å². The first-order chi connectivity index (χ1) is 4.63. The number of allylic oxidation sites excluding steroid dienone is 1. The Morgan fingerprint density at radius 2 is 1.60 bits per heavy atom. The Morgan fingerprint density at radius 3 is 1.70 bits per heavy atom. The fourth-order valence-electron chi connectivity index (χ4n) is 0.218. The van der Waals surface area contributed by atoms with Gasteiger partial charge in [-0.2, -0.15) is 0 Å². The number of hydrogen-bond donors (Lipinski definition) is 0. The normalized spacial score (nSPS) is 9.60. The maximum absolute atomic E-state index is 5.48. The van der Waals surface area contributed by atoms with Gasteiger partial charge in [-0.3, -0.25) is 4.99 Å². The third-order valence-electron chi connectivity index (χ3n) is 0.501. The molecule has 0 aliphatic rings. The van der Waals surface area contributed by atoms with Crippen LogP contribution in [-0.4, -0.2) is 5.71 Å². The van der Waals surface area contributed by atoms with Gasteiger partial charge in [0, 0.05) is 16.9 Å². The molecule has 1 nitrogen and oxygen atoms in total. The highest BCUT2D eigenvalue weighted by molar-refractivity contribution is 6.29. The van der Waals surface area contributed by atoms with E-state index < -0.39 is 0 Å². The molecule has 0 radical (unpaired) electrons. The quantitative estimate of drug-likeness (QED) is 0.522. The summed E-state index contributed by atoms with van der Waals surface area (Å²) in [4.78, 5) is 3.95. The van der Waals surface area contributed by atoms with Gasteiger partial charge in [0.1, 0.15) is 0 Å². The molecule has 10 heavy (non-hydrogen) atoms. The van der Waals surface area contributed by atoms with Crippen molar-refractivity contribution in [1.82, 2.24) is 0 Å². The number of aliphatic imine (C=N–C) groups is 1. The zero-order chi connectivity index (χ0) is 8.57. The van der Waals surface area contributed by atoms with Crippen LogP contribution in [0.1, 0.15) is 34.6 Å². The minimum atomic E-state index is 0.714. The second kappa shape index (κ2) is 8.70. The fourth-order valence-corrected chi connectivity index (χ4v) is 0.267. The van der Waals surface area contributed by atoms with Crippen LogP contribution in [0.15, 0.2) is 16.2 Å². The lowest BCUT2D eigenvalue weighted by molar-refractivity contribution is 1.45. The Balaban J connectivity index is 0. The SMILES string of the molecule is CC.CC(C)=N/C=C(\C)Cl. The molecule has 0 rings (SSSR count). The molecule has 0 atom stereocenters. The van der Waals surface area contributed by atoms with E-state index in [1.165, 1.54) is 0 Å². The van der Waals surface area contributed by atoms with Crippen LogP contribution in [0.4, 0.5) is 0 Å². The Bertz CT molecular complexity index is 101. The van der Waals surface area contributed by atoms with Crippen molar-refractivity contribution in [2.24, 2.45) is 4.99 Å². The van der Waals surface area contributed by atoms with Gasteiger partial charge in [0.15, 0.2) is 0 Å². The Morgan fingerprint density at radius 1 is 1.20 bits per heavy atom. The van der Waals surface area contributed by atoms with Crippen molar-refractivity contribution in [3.8, 4) is 0 Å². The summed E-state index contributed by atoms with van der Waals surface area (Å²) < 4.78 is 0. The Labute approximate surface area is 68.8 Å². The fraction of sp³-hybridized carbons (Fsp3) is 0.625. The molecule has 0 N–H and O–H groups in total. The minimum Gasteiger partial charge on any atom is -0.265 e. The smallest absolute Gasteiger partial charge is 0.0409 e. The summed E-state index contributed by atoms with van der Waals surface area (Å²) in [7, 11) is 0. The molecule has 0 aliphatic heterocycles. The lowest BCUT2D eigenvalue weighted by Gasteiger charge is -1.82. The molecule has 0 bridgehead atoms. The van der Waals surface area contributed by atoms with Crippen LogP contribution < -0.4 is 0 Å². The summed E-state index contributed by atoms with van der Waals surface area (Å²) in [6.45, 7) is 9.65. The molecule has 0 heterocycles. The van der Waals surface area contributed by atoms with Crippen LogP contribution >= 0.6 is 11.6 Å². The van der Waals surface area contributed by atoms with E-state index in [4.69, 9.17) is 11.6 Å². The first-order valence-electron chi connectivity index (χ1n) is 3.46. The van der Waals surface area contributed by atoms with Gasteiger partial charge in [0.25, 0.3) is 0 Å². The molecule has 0 amide bonds. The second-order valence-corrected chi connectivity index (χ2v) is 2.39. The highest BCUT2D eigenvalue weighted by Crippen LogP contribution is 1.97. The Hall–Kier alpha value is -0.300. The summed E-state index contributed by atoms with van der Waals surface area (Å²) in [6, 6.07) is 0. The van der Waals surface area contributed by atoms with E-state index in [1.54, 1.807) is 13.1 Å². The monoisotopic (exact) mass is 161 g/mol. The van der Waals surface area contributed by atoms with E-state index in [-0.39, 0.29) is 0 Å². The molecule has 0 unspecified atom stereocenters. The number of rotatable bonds is 1. The molecule has 0 aromatic rings. The number of nitrogens with zero attached hydrogens (tertiary/aromatic N) is 1. The van der Waals surface area contributed by atoms with Gasteiger partial charge in [-0.05, 0) is 20.8 Å². The van der Waals surface area contributed by atoms with Gasteiger partial charge in [-0.1, -0.05) is 25.4 Å². The lowest BCUT2D eigenvalue weighted by atomic mass is 10.5.